The van der Waals surface area contributed by atoms with E-state index < -0.39 is 0 Å². The van der Waals surface area contributed by atoms with Crippen molar-refractivity contribution >= 4 is 5.69 Å². The average Bonchev–Trinajstić information content (AvgIpc) is 2.55. The molecule has 21 heavy (non-hydrogen) atoms. The van der Waals surface area contributed by atoms with Crippen molar-refractivity contribution in [2.24, 2.45) is 17.6 Å². The summed E-state index contributed by atoms with van der Waals surface area (Å²) in [5.74, 6) is 2.35. The monoisotopic (exact) mass is 282 g/mol. The number of rotatable bonds is 2. The molecule has 2 aliphatic rings. The van der Waals surface area contributed by atoms with Crippen LogP contribution in [0.25, 0.3) is 4.85 Å². The summed E-state index contributed by atoms with van der Waals surface area (Å²) >= 11 is 0. The maximum atomic E-state index is 7.34. The fourth-order valence-electron chi connectivity index (χ4n) is 4.53. The second-order valence-corrected chi connectivity index (χ2v) is 6.97. The predicted octanol–water partition coefficient (Wildman–Crippen LogP) is 5.03. The summed E-state index contributed by atoms with van der Waals surface area (Å²) in [7, 11) is 0. The SMILES string of the molecule is [C-]#[N+]c1ccccc1C1CCC(C2CCCC(N)C2)CC1. The van der Waals surface area contributed by atoms with Gasteiger partial charge < -0.3 is 5.73 Å². The Morgan fingerprint density at radius 2 is 1.71 bits per heavy atom. The lowest BCUT2D eigenvalue weighted by Crippen LogP contribution is -2.32. The van der Waals surface area contributed by atoms with Crippen LogP contribution >= 0.6 is 0 Å². The normalized spacial score (nSPS) is 33.3. The first-order valence-electron chi connectivity index (χ1n) is 8.50. The molecule has 0 heterocycles. The maximum Gasteiger partial charge on any atom is 0.190 e. The van der Waals surface area contributed by atoms with Crippen LogP contribution in [-0.4, -0.2) is 6.04 Å². The maximum absolute atomic E-state index is 7.34. The van der Waals surface area contributed by atoms with E-state index >= 15 is 0 Å². The Kier molecular flexibility index (Phi) is 4.60. The Balaban J connectivity index is 1.61. The molecule has 2 saturated carbocycles. The van der Waals surface area contributed by atoms with Crippen LogP contribution in [0.15, 0.2) is 24.3 Å². The first-order valence-corrected chi connectivity index (χ1v) is 8.50. The minimum absolute atomic E-state index is 0.448. The number of nitrogens with zero attached hydrogens (tertiary/aromatic N) is 1. The van der Waals surface area contributed by atoms with E-state index in [2.05, 4.69) is 17.0 Å². The molecule has 0 radical (unpaired) electrons. The Hall–Kier alpha value is -1.33. The molecule has 3 rings (SSSR count). The minimum atomic E-state index is 0.448. The van der Waals surface area contributed by atoms with Gasteiger partial charge in [0.05, 0.1) is 6.57 Å². The number of para-hydroxylation sites is 1. The standard InChI is InChI=1S/C19H26N2/c1-21-19-8-3-2-7-18(19)15-11-9-14(10-12-15)16-5-4-6-17(20)13-16/h2-3,7-8,14-17H,4-6,9-13,20H2. The van der Waals surface area contributed by atoms with E-state index in [4.69, 9.17) is 12.3 Å². The van der Waals surface area contributed by atoms with Crippen molar-refractivity contribution < 1.29 is 0 Å². The van der Waals surface area contributed by atoms with Crippen LogP contribution in [0, 0.1) is 18.4 Å². The molecule has 2 nitrogen and oxygen atoms in total. The molecule has 0 saturated heterocycles. The highest BCUT2D eigenvalue weighted by molar-refractivity contribution is 5.53. The van der Waals surface area contributed by atoms with Crippen LogP contribution in [-0.2, 0) is 0 Å². The lowest BCUT2D eigenvalue weighted by molar-refractivity contribution is 0.175. The van der Waals surface area contributed by atoms with E-state index in [0.717, 1.165) is 17.5 Å². The second kappa shape index (κ2) is 6.62. The van der Waals surface area contributed by atoms with Crippen LogP contribution in [0.1, 0.15) is 62.8 Å². The van der Waals surface area contributed by atoms with Crippen molar-refractivity contribution in [1.29, 1.82) is 0 Å². The van der Waals surface area contributed by atoms with Gasteiger partial charge >= 0.3 is 0 Å². The first-order chi connectivity index (χ1) is 10.3. The Morgan fingerprint density at radius 3 is 2.43 bits per heavy atom. The van der Waals surface area contributed by atoms with E-state index in [-0.39, 0.29) is 0 Å². The van der Waals surface area contributed by atoms with Gasteiger partial charge in [0.25, 0.3) is 0 Å². The Labute approximate surface area is 128 Å². The van der Waals surface area contributed by atoms with E-state index in [1.807, 2.05) is 12.1 Å². The second-order valence-electron chi connectivity index (χ2n) is 6.97. The highest BCUT2D eigenvalue weighted by atomic mass is 14.7. The van der Waals surface area contributed by atoms with Crippen LogP contribution in [0.3, 0.4) is 0 Å². The number of hydrogen-bond donors (Lipinski definition) is 1. The zero-order valence-corrected chi connectivity index (χ0v) is 12.8. The topological polar surface area (TPSA) is 30.4 Å². The molecule has 2 heteroatoms. The van der Waals surface area contributed by atoms with Gasteiger partial charge in [-0.15, -0.1) is 0 Å². The molecule has 0 spiro atoms. The highest BCUT2D eigenvalue weighted by Gasteiger charge is 2.31. The van der Waals surface area contributed by atoms with Gasteiger partial charge in [-0.2, -0.15) is 0 Å². The molecule has 2 fully saturated rings. The predicted molar refractivity (Wildman–Crippen MR) is 87.3 cm³/mol. The zero-order valence-electron chi connectivity index (χ0n) is 12.8. The van der Waals surface area contributed by atoms with Crippen LogP contribution < -0.4 is 5.73 Å². The molecule has 1 aromatic rings. The largest absolute Gasteiger partial charge is 0.328 e. The lowest BCUT2D eigenvalue weighted by atomic mass is 9.69. The average molecular weight is 282 g/mol. The van der Waals surface area contributed by atoms with Crippen molar-refractivity contribution in [3.05, 3.63) is 41.2 Å². The molecule has 2 unspecified atom stereocenters. The van der Waals surface area contributed by atoms with Crippen LogP contribution in [0.4, 0.5) is 5.69 Å². The van der Waals surface area contributed by atoms with Gasteiger partial charge in [-0.25, -0.2) is 4.85 Å². The molecule has 112 valence electrons. The van der Waals surface area contributed by atoms with Gasteiger partial charge in [-0.05, 0) is 61.8 Å². The summed E-state index contributed by atoms with van der Waals surface area (Å²) < 4.78 is 0. The van der Waals surface area contributed by atoms with Gasteiger partial charge in [0.2, 0.25) is 0 Å². The van der Waals surface area contributed by atoms with Gasteiger partial charge in [-0.1, -0.05) is 37.1 Å². The highest BCUT2D eigenvalue weighted by Crippen LogP contribution is 2.44. The molecule has 0 aromatic heterocycles. The summed E-state index contributed by atoms with van der Waals surface area (Å²) in [4.78, 5) is 3.70. The third kappa shape index (κ3) is 3.30. The molecule has 2 atom stereocenters. The summed E-state index contributed by atoms with van der Waals surface area (Å²) in [6.45, 7) is 7.34. The van der Waals surface area contributed by atoms with E-state index in [1.54, 1.807) is 0 Å². The van der Waals surface area contributed by atoms with Crippen molar-refractivity contribution in [3.63, 3.8) is 0 Å². The number of hydrogen-bond acceptors (Lipinski definition) is 1. The van der Waals surface area contributed by atoms with Gasteiger partial charge in [0.15, 0.2) is 5.69 Å². The van der Waals surface area contributed by atoms with E-state index in [0.29, 0.717) is 12.0 Å². The Bertz CT molecular complexity index is 509. The quantitative estimate of drug-likeness (QED) is 0.758. The Morgan fingerprint density at radius 1 is 0.952 bits per heavy atom. The molecular formula is C19H26N2. The van der Waals surface area contributed by atoms with Crippen molar-refractivity contribution in [2.45, 2.75) is 63.3 Å². The van der Waals surface area contributed by atoms with Crippen molar-refractivity contribution in [2.75, 3.05) is 0 Å². The lowest BCUT2D eigenvalue weighted by Gasteiger charge is -2.37. The smallest absolute Gasteiger partial charge is 0.190 e. The van der Waals surface area contributed by atoms with Gasteiger partial charge in [0, 0.05) is 6.04 Å². The van der Waals surface area contributed by atoms with Crippen molar-refractivity contribution in [1.82, 2.24) is 0 Å². The van der Waals surface area contributed by atoms with Crippen molar-refractivity contribution in [3.8, 4) is 0 Å². The summed E-state index contributed by atoms with van der Waals surface area (Å²) in [5, 5.41) is 0. The number of nitrogens with two attached hydrogens (primary N) is 1. The number of benzene rings is 1. The van der Waals surface area contributed by atoms with Crippen LogP contribution in [0.5, 0.6) is 0 Å². The third-order valence-corrected chi connectivity index (χ3v) is 5.69. The summed E-state index contributed by atoms with van der Waals surface area (Å²) in [6.07, 6.45) is 10.3. The minimum Gasteiger partial charge on any atom is -0.328 e. The van der Waals surface area contributed by atoms with Gasteiger partial charge in [-0.3, -0.25) is 0 Å². The van der Waals surface area contributed by atoms with E-state index in [9.17, 15) is 0 Å². The summed E-state index contributed by atoms with van der Waals surface area (Å²) in [6, 6.07) is 8.63. The van der Waals surface area contributed by atoms with Gasteiger partial charge in [0.1, 0.15) is 0 Å². The fourth-order valence-corrected chi connectivity index (χ4v) is 4.53. The summed E-state index contributed by atoms with van der Waals surface area (Å²) in [5.41, 5.74) is 8.30. The fraction of sp³-hybridized carbons (Fsp3) is 0.632. The molecular weight excluding hydrogens is 256 g/mol. The molecule has 0 bridgehead atoms. The first kappa shape index (κ1) is 14.6. The van der Waals surface area contributed by atoms with E-state index in [1.165, 1.54) is 56.9 Å². The molecule has 1 aromatic carbocycles. The molecule has 0 aliphatic heterocycles. The third-order valence-electron chi connectivity index (χ3n) is 5.69. The van der Waals surface area contributed by atoms with Crippen LogP contribution in [0.2, 0.25) is 0 Å². The zero-order chi connectivity index (χ0) is 14.7. The molecule has 0 amide bonds. The molecule has 2 aliphatic carbocycles. The molecule has 2 N–H and O–H groups in total.